The molecular formula is C4H3NO4. The standard InChI is InChI=1S/C4H3NO4/c6-2-1-3(7)5(9)4(2)8/h1,6,9H. The van der Waals surface area contributed by atoms with Crippen molar-refractivity contribution in [2.45, 2.75) is 0 Å². The number of carbonyl (C=O) groups is 2. The number of aliphatic hydroxyl groups excluding tert-OH is 1. The second-order valence-electron chi connectivity index (χ2n) is 1.48. The van der Waals surface area contributed by atoms with E-state index in [9.17, 15) is 9.59 Å². The van der Waals surface area contributed by atoms with E-state index >= 15 is 0 Å². The topological polar surface area (TPSA) is 77.8 Å². The zero-order valence-corrected chi connectivity index (χ0v) is 4.24. The Balaban J connectivity index is 2.95. The van der Waals surface area contributed by atoms with Gasteiger partial charge in [0.1, 0.15) is 0 Å². The highest BCUT2D eigenvalue weighted by atomic mass is 16.5. The van der Waals surface area contributed by atoms with Crippen LogP contribution in [-0.4, -0.2) is 27.2 Å². The van der Waals surface area contributed by atoms with Crippen LogP contribution in [0.15, 0.2) is 11.8 Å². The van der Waals surface area contributed by atoms with Gasteiger partial charge in [0, 0.05) is 0 Å². The quantitative estimate of drug-likeness (QED) is 0.331. The molecule has 0 radical (unpaired) electrons. The lowest BCUT2D eigenvalue weighted by atomic mass is 10.5. The van der Waals surface area contributed by atoms with Crippen molar-refractivity contribution < 1.29 is 19.9 Å². The van der Waals surface area contributed by atoms with Crippen molar-refractivity contribution in [1.29, 1.82) is 0 Å². The number of hydrogen-bond donors (Lipinski definition) is 2. The first-order chi connectivity index (χ1) is 4.13. The monoisotopic (exact) mass is 129 g/mol. The molecule has 0 bridgehead atoms. The van der Waals surface area contributed by atoms with Crippen molar-refractivity contribution in [3.05, 3.63) is 11.8 Å². The van der Waals surface area contributed by atoms with Crippen molar-refractivity contribution in [2.75, 3.05) is 0 Å². The van der Waals surface area contributed by atoms with Gasteiger partial charge in [-0.2, -0.15) is 0 Å². The number of carbonyl (C=O) groups excluding carboxylic acids is 2. The van der Waals surface area contributed by atoms with E-state index in [0.29, 0.717) is 6.08 Å². The van der Waals surface area contributed by atoms with Gasteiger partial charge in [0.15, 0.2) is 5.76 Å². The molecule has 48 valence electrons. The third-order valence-electron chi connectivity index (χ3n) is 0.880. The maximum absolute atomic E-state index is 10.3. The Morgan fingerprint density at radius 1 is 1.44 bits per heavy atom. The number of aliphatic hydroxyl groups is 1. The molecule has 0 fully saturated rings. The number of hydroxylamine groups is 2. The minimum atomic E-state index is -1.08. The van der Waals surface area contributed by atoms with Gasteiger partial charge in [-0.05, 0) is 0 Å². The molecule has 0 aliphatic carbocycles. The fourth-order valence-corrected chi connectivity index (χ4v) is 0.448. The van der Waals surface area contributed by atoms with Crippen LogP contribution in [0.2, 0.25) is 0 Å². The first-order valence-electron chi connectivity index (χ1n) is 2.11. The molecule has 0 spiro atoms. The lowest BCUT2D eigenvalue weighted by Gasteiger charge is -1.99. The first-order valence-corrected chi connectivity index (χ1v) is 2.11. The molecule has 0 aromatic rings. The van der Waals surface area contributed by atoms with E-state index in [-0.39, 0.29) is 5.06 Å². The second-order valence-corrected chi connectivity index (χ2v) is 1.48. The summed E-state index contributed by atoms with van der Waals surface area (Å²) in [7, 11) is 0. The summed E-state index contributed by atoms with van der Waals surface area (Å²) >= 11 is 0. The predicted octanol–water partition coefficient (Wildman–Crippen LogP) is -0.814. The molecule has 0 unspecified atom stereocenters. The second kappa shape index (κ2) is 1.56. The van der Waals surface area contributed by atoms with Crippen LogP contribution in [0.3, 0.4) is 0 Å². The summed E-state index contributed by atoms with van der Waals surface area (Å²) in [5, 5.41) is 16.6. The summed E-state index contributed by atoms with van der Waals surface area (Å²) in [6.07, 6.45) is 0.641. The van der Waals surface area contributed by atoms with Gasteiger partial charge in [0.25, 0.3) is 5.91 Å². The minimum Gasteiger partial charge on any atom is -0.503 e. The Bertz CT molecular complexity index is 207. The van der Waals surface area contributed by atoms with Crippen LogP contribution in [0.5, 0.6) is 0 Å². The van der Waals surface area contributed by atoms with Gasteiger partial charge < -0.3 is 5.11 Å². The van der Waals surface area contributed by atoms with Gasteiger partial charge in [0.2, 0.25) is 0 Å². The van der Waals surface area contributed by atoms with E-state index in [4.69, 9.17) is 10.3 Å². The maximum atomic E-state index is 10.3. The molecule has 0 aromatic carbocycles. The molecular weight excluding hydrogens is 126 g/mol. The molecule has 9 heavy (non-hydrogen) atoms. The first kappa shape index (κ1) is 5.77. The van der Waals surface area contributed by atoms with Crippen LogP contribution in [0.1, 0.15) is 0 Å². The van der Waals surface area contributed by atoms with E-state index in [1.54, 1.807) is 0 Å². The summed E-state index contributed by atoms with van der Waals surface area (Å²) in [6.45, 7) is 0. The van der Waals surface area contributed by atoms with Gasteiger partial charge in [-0.25, -0.2) is 0 Å². The zero-order valence-electron chi connectivity index (χ0n) is 4.24. The molecule has 1 rings (SSSR count). The molecule has 0 atom stereocenters. The van der Waals surface area contributed by atoms with E-state index in [1.807, 2.05) is 0 Å². The highest BCUT2D eigenvalue weighted by molar-refractivity contribution is 6.13. The van der Waals surface area contributed by atoms with Crippen LogP contribution in [0.4, 0.5) is 0 Å². The highest BCUT2D eigenvalue weighted by Gasteiger charge is 2.29. The van der Waals surface area contributed by atoms with Crippen LogP contribution < -0.4 is 0 Å². The SMILES string of the molecule is O=C1C=C(O)C(=O)N1O. The minimum absolute atomic E-state index is 0.157. The van der Waals surface area contributed by atoms with Crippen molar-refractivity contribution in [1.82, 2.24) is 5.06 Å². The highest BCUT2D eigenvalue weighted by Crippen LogP contribution is 2.05. The average molecular weight is 129 g/mol. The largest absolute Gasteiger partial charge is 0.503 e. The number of amides is 2. The zero-order chi connectivity index (χ0) is 7.02. The Hall–Kier alpha value is -1.36. The molecule has 1 aliphatic heterocycles. The third-order valence-corrected chi connectivity index (χ3v) is 0.880. The molecule has 0 saturated heterocycles. The summed E-state index contributed by atoms with van der Waals surface area (Å²) in [4.78, 5) is 20.5. The fourth-order valence-electron chi connectivity index (χ4n) is 0.448. The normalized spacial score (nSPS) is 18.8. The Morgan fingerprint density at radius 2 is 2.00 bits per heavy atom. The van der Waals surface area contributed by atoms with Crippen molar-refractivity contribution in [3.63, 3.8) is 0 Å². The number of imide groups is 1. The average Bonchev–Trinajstić information content (AvgIpc) is 1.98. The maximum Gasteiger partial charge on any atom is 0.319 e. The van der Waals surface area contributed by atoms with Crippen molar-refractivity contribution in [3.8, 4) is 0 Å². The third kappa shape index (κ3) is 0.667. The van der Waals surface area contributed by atoms with Gasteiger partial charge in [-0.1, -0.05) is 0 Å². The summed E-state index contributed by atoms with van der Waals surface area (Å²) < 4.78 is 0. The van der Waals surface area contributed by atoms with Crippen LogP contribution in [0.25, 0.3) is 0 Å². The van der Waals surface area contributed by atoms with Crippen molar-refractivity contribution >= 4 is 11.8 Å². The van der Waals surface area contributed by atoms with E-state index in [2.05, 4.69) is 0 Å². The summed E-state index contributed by atoms with van der Waals surface area (Å²) in [5.41, 5.74) is 0. The lowest BCUT2D eigenvalue weighted by Crippen LogP contribution is -2.26. The molecule has 1 aliphatic rings. The van der Waals surface area contributed by atoms with Crippen LogP contribution in [-0.2, 0) is 9.59 Å². The Morgan fingerprint density at radius 3 is 2.11 bits per heavy atom. The molecule has 0 saturated carbocycles. The van der Waals surface area contributed by atoms with Gasteiger partial charge >= 0.3 is 5.91 Å². The van der Waals surface area contributed by atoms with Gasteiger partial charge in [0.05, 0.1) is 6.08 Å². The van der Waals surface area contributed by atoms with E-state index < -0.39 is 17.6 Å². The van der Waals surface area contributed by atoms with Gasteiger partial charge in [-0.3, -0.25) is 14.8 Å². The number of hydrogen-bond acceptors (Lipinski definition) is 4. The summed E-state index contributed by atoms with van der Waals surface area (Å²) in [5.74, 6) is -2.74. The van der Waals surface area contributed by atoms with Crippen molar-refractivity contribution in [2.24, 2.45) is 0 Å². The Kier molecular flexibility index (Phi) is 1.000. The number of rotatable bonds is 0. The summed E-state index contributed by atoms with van der Waals surface area (Å²) in [6, 6.07) is 0. The molecule has 5 heteroatoms. The predicted molar refractivity (Wildman–Crippen MR) is 24.4 cm³/mol. The molecule has 2 amide bonds. The molecule has 2 N–H and O–H groups in total. The van der Waals surface area contributed by atoms with Crippen LogP contribution in [0, 0.1) is 0 Å². The fraction of sp³-hybridized carbons (Fsp3) is 0. The number of nitrogens with zero attached hydrogens (tertiary/aromatic N) is 1. The molecule has 1 heterocycles. The Labute approximate surface area is 49.8 Å². The molecule has 0 aromatic heterocycles. The smallest absolute Gasteiger partial charge is 0.319 e. The van der Waals surface area contributed by atoms with E-state index in [1.165, 1.54) is 0 Å². The molecule has 5 nitrogen and oxygen atoms in total. The van der Waals surface area contributed by atoms with E-state index in [0.717, 1.165) is 0 Å². The van der Waals surface area contributed by atoms with Gasteiger partial charge in [-0.15, -0.1) is 5.06 Å². The lowest BCUT2D eigenvalue weighted by molar-refractivity contribution is -0.170. The van der Waals surface area contributed by atoms with Crippen LogP contribution >= 0.6 is 0 Å².